The highest BCUT2D eigenvalue weighted by Crippen LogP contribution is 2.30. The van der Waals surface area contributed by atoms with Crippen LogP contribution in [-0.4, -0.2) is 61.4 Å². The number of amides is 1. The van der Waals surface area contributed by atoms with E-state index in [1.165, 1.54) is 43.9 Å². The lowest BCUT2D eigenvalue weighted by atomic mass is 9.94. The Labute approximate surface area is 190 Å². The molecule has 2 fully saturated rings. The van der Waals surface area contributed by atoms with E-state index in [0.29, 0.717) is 6.04 Å². The Balaban J connectivity index is 1.54. The molecule has 2 heterocycles. The summed E-state index contributed by atoms with van der Waals surface area (Å²) in [5, 5.41) is 9.70. The number of para-hydroxylation sites is 1. The van der Waals surface area contributed by atoms with Gasteiger partial charge in [0.15, 0.2) is 11.0 Å². The number of carbonyl (C=O) groups is 1. The van der Waals surface area contributed by atoms with E-state index in [0.717, 1.165) is 55.7 Å². The van der Waals surface area contributed by atoms with Gasteiger partial charge in [0.2, 0.25) is 5.91 Å². The van der Waals surface area contributed by atoms with E-state index < -0.39 is 0 Å². The Morgan fingerprint density at radius 2 is 1.81 bits per heavy atom. The molecule has 2 aromatic rings. The van der Waals surface area contributed by atoms with Gasteiger partial charge in [0, 0.05) is 18.3 Å². The predicted octanol–water partition coefficient (Wildman–Crippen LogP) is 4.52. The number of likely N-dealkylation sites (tertiary alicyclic amines) is 1. The molecule has 7 heteroatoms. The van der Waals surface area contributed by atoms with Crippen LogP contribution in [0.3, 0.4) is 0 Å². The zero-order valence-electron chi connectivity index (χ0n) is 18.9. The van der Waals surface area contributed by atoms with E-state index in [9.17, 15) is 4.79 Å². The number of thioether (sulfide) groups is 1. The van der Waals surface area contributed by atoms with Gasteiger partial charge in [-0.2, -0.15) is 0 Å². The monoisotopic (exact) mass is 441 g/mol. The van der Waals surface area contributed by atoms with Crippen LogP contribution < -0.4 is 0 Å². The fraction of sp³-hybridized carbons (Fsp3) is 0.625. The molecule has 1 aromatic heterocycles. The summed E-state index contributed by atoms with van der Waals surface area (Å²) in [5.41, 5.74) is 1.06. The molecule has 1 aliphatic heterocycles. The largest absolute Gasteiger partial charge is 0.339 e. The molecule has 1 amide bonds. The molecular weight excluding hydrogens is 406 g/mol. The van der Waals surface area contributed by atoms with Crippen molar-refractivity contribution in [3.05, 3.63) is 36.2 Å². The Morgan fingerprint density at radius 1 is 1.10 bits per heavy atom. The molecule has 31 heavy (non-hydrogen) atoms. The molecule has 0 spiro atoms. The molecule has 0 radical (unpaired) electrons. The molecular formula is C24H35N5OS. The van der Waals surface area contributed by atoms with Crippen molar-refractivity contribution >= 4 is 17.7 Å². The lowest BCUT2D eigenvalue weighted by molar-refractivity contribution is -0.133. The normalized spacial score (nSPS) is 18.9. The Hall–Kier alpha value is -1.86. The number of hydrogen-bond acceptors (Lipinski definition) is 5. The van der Waals surface area contributed by atoms with Crippen LogP contribution >= 0.6 is 11.8 Å². The third-order valence-electron chi connectivity index (χ3n) is 6.55. The van der Waals surface area contributed by atoms with Gasteiger partial charge in [0.25, 0.3) is 0 Å². The van der Waals surface area contributed by atoms with E-state index in [-0.39, 0.29) is 11.2 Å². The lowest BCUT2D eigenvalue weighted by Gasteiger charge is -2.35. The van der Waals surface area contributed by atoms with E-state index in [1.807, 2.05) is 25.1 Å². The van der Waals surface area contributed by atoms with Gasteiger partial charge < -0.3 is 4.90 Å². The minimum atomic E-state index is -0.187. The summed E-state index contributed by atoms with van der Waals surface area (Å²) in [5.74, 6) is 1.18. The fourth-order valence-corrected chi connectivity index (χ4v) is 5.84. The van der Waals surface area contributed by atoms with E-state index in [4.69, 9.17) is 0 Å². The average Bonchev–Trinajstić information content (AvgIpc) is 3.46. The van der Waals surface area contributed by atoms with Crippen molar-refractivity contribution in [1.82, 2.24) is 24.6 Å². The summed E-state index contributed by atoms with van der Waals surface area (Å²) in [6, 6.07) is 10.7. The van der Waals surface area contributed by atoms with Gasteiger partial charge in [-0.3, -0.25) is 14.3 Å². The second-order valence-electron chi connectivity index (χ2n) is 8.73. The van der Waals surface area contributed by atoms with Crippen LogP contribution in [0.25, 0.3) is 5.69 Å². The molecule has 1 aromatic carbocycles. The van der Waals surface area contributed by atoms with Crippen molar-refractivity contribution in [2.24, 2.45) is 0 Å². The fourth-order valence-electron chi connectivity index (χ4n) is 4.88. The van der Waals surface area contributed by atoms with Gasteiger partial charge in [-0.1, -0.05) is 49.2 Å². The van der Waals surface area contributed by atoms with Crippen LogP contribution in [0.2, 0.25) is 0 Å². The van der Waals surface area contributed by atoms with Crippen molar-refractivity contribution in [2.75, 3.05) is 19.6 Å². The summed E-state index contributed by atoms with van der Waals surface area (Å²) < 4.78 is 2.14. The highest BCUT2D eigenvalue weighted by Gasteiger charge is 2.29. The Morgan fingerprint density at radius 3 is 2.48 bits per heavy atom. The second-order valence-corrected chi connectivity index (χ2v) is 10.0. The van der Waals surface area contributed by atoms with Crippen LogP contribution in [0.5, 0.6) is 0 Å². The third-order valence-corrected chi connectivity index (χ3v) is 7.58. The van der Waals surface area contributed by atoms with Crippen molar-refractivity contribution in [3.63, 3.8) is 0 Å². The Kier molecular flexibility index (Phi) is 7.67. The number of benzene rings is 1. The SMILES string of the molecule is CCN(C(=O)C(C)Sc1nnc(CN2CCCC2)n1-c1ccccc1)C1CCCCC1. The van der Waals surface area contributed by atoms with Gasteiger partial charge in [0.05, 0.1) is 11.8 Å². The van der Waals surface area contributed by atoms with E-state index in [1.54, 1.807) is 0 Å². The minimum absolute atomic E-state index is 0.187. The summed E-state index contributed by atoms with van der Waals surface area (Å²) >= 11 is 1.54. The van der Waals surface area contributed by atoms with Crippen LogP contribution in [0, 0.1) is 0 Å². The van der Waals surface area contributed by atoms with E-state index >= 15 is 0 Å². The summed E-state index contributed by atoms with van der Waals surface area (Å²) in [4.78, 5) is 17.9. The van der Waals surface area contributed by atoms with Gasteiger partial charge in [0.1, 0.15) is 0 Å². The Bertz CT molecular complexity index is 843. The number of rotatable bonds is 8. The number of carbonyl (C=O) groups excluding carboxylic acids is 1. The molecule has 1 atom stereocenters. The zero-order valence-corrected chi connectivity index (χ0v) is 19.7. The predicted molar refractivity (Wildman–Crippen MR) is 125 cm³/mol. The molecule has 0 bridgehead atoms. The van der Waals surface area contributed by atoms with Crippen LogP contribution in [0.15, 0.2) is 35.5 Å². The highest BCUT2D eigenvalue weighted by atomic mass is 32.2. The van der Waals surface area contributed by atoms with E-state index in [2.05, 4.69) is 43.6 Å². The summed E-state index contributed by atoms with van der Waals surface area (Å²) in [7, 11) is 0. The first kappa shape index (κ1) is 22.3. The first-order valence-corrected chi connectivity index (χ1v) is 12.7. The molecule has 1 saturated heterocycles. The molecule has 1 saturated carbocycles. The van der Waals surface area contributed by atoms with Crippen LogP contribution in [-0.2, 0) is 11.3 Å². The molecule has 1 unspecified atom stereocenters. The molecule has 4 rings (SSSR count). The standard InChI is InChI=1S/C24H35N5OS/c1-3-28(20-12-6-4-7-13-20)23(30)19(2)31-24-26-25-22(18-27-16-10-11-17-27)29(24)21-14-8-5-9-15-21/h5,8-9,14-15,19-20H,3-4,6-7,10-13,16-18H2,1-2H3. The molecule has 168 valence electrons. The first-order chi connectivity index (χ1) is 15.2. The molecule has 2 aliphatic rings. The average molecular weight is 442 g/mol. The number of aromatic nitrogens is 3. The topological polar surface area (TPSA) is 54.3 Å². The minimum Gasteiger partial charge on any atom is -0.339 e. The van der Waals surface area contributed by atoms with Gasteiger partial charge in [-0.15, -0.1) is 10.2 Å². The quantitative estimate of drug-likeness (QED) is 0.564. The zero-order chi connectivity index (χ0) is 21.6. The molecule has 0 N–H and O–H groups in total. The maximum absolute atomic E-state index is 13.4. The van der Waals surface area contributed by atoms with Crippen LogP contribution in [0.1, 0.15) is 64.6 Å². The molecule has 6 nitrogen and oxygen atoms in total. The highest BCUT2D eigenvalue weighted by molar-refractivity contribution is 8.00. The van der Waals surface area contributed by atoms with Crippen molar-refractivity contribution in [1.29, 1.82) is 0 Å². The lowest BCUT2D eigenvalue weighted by Crippen LogP contribution is -2.44. The number of hydrogen-bond donors (Lipinski definition) is 0. The smallest absolute Gasteiger partial charge is 0.236 e. The van der Waals surface area contributed by atoms with Crippen molar-refractivity contribution in [2.45, 2.75) is 81.8 Å². The van der Waals surface area contributed by atoms with Gasteiger partial charge in [-0.25, -0.2) is 0 Å². The maximum Gasteiger partial charge on any atom is 0.236 e. The number of nitrogens with zero attached hydrogens (tertiary/aromatic N) is 5. The third kappa shape index (κ3) is 5.32. The van der Waals surface area contributed by atoms with Crippen molar-refractivity contribution in [3.8, 4) is 5.69 Å². The second kappa shape index (κ2) is 10.6. The van der Waals surface area contributed by atoms with Crippen molar-refractivity contribution < 1.29 is 4.79 Å². The summed E-state index contributed by atoms with van der Waals surface area (Å²) in [6.07, 6.45) is 8.54. The van der Waals surface area contributed by atoms with Gasteiger partial charge in [-0.05, 0) is 64.8 Å². The summed E-state index contributed by atoms with van der Waals surface area (Å²) in [6.45, 7) is 7.93. The molecule has 1 aliphatic carbocycles. The first-order valence-electron chi connectivity index (χ1n) is 11.9. The van der Waals surface area contributed by atoms with Gasteiger partial charge >= 0.3 is 0 Å². The van der Waals surface area contributed by atoms with Crippen LogP contribution in [0.4, 0.5) is 0 Å². The maximum atomic E-state index is 13.4.